The van der Waals surface area contributed by atoms with Crippen molar-refractivity contribution >= 4 is 17.8 Å². The van der Waals surface area contributed by atoms with Gasteiger partial charge in [0, 0.05) is 11.8 Å². The lowest BCUT2D eigenvalue weighted by Gasteiger charge is -2.09. The Morgan fingerprint density at radius 2 is 2.00 bits per heavy atom. The van der Waals surface area contributed by atoms with E-state index in [1.807, 2.05) is 0 Å². The molecule has 1 aromatic carbocycles. The van der Waals surface area contributed by atoms with Gasteiger partial charge in [-0.3, -0.25) is 0 Å². The van der Waals surface area contributed by atoms with Crippen LogP contribution in [0.3, 0.4) is 0 Å². The second kappa shape index (κ2) is 6.64. The van der Waals surface area contributed by atoms with Crippen LogP contribution in [0, 0.1) is 22.7 Å². The SMILES string of the molecule is N#CC(N)=C(C#N)N=Cc1ccc(OC(F)(F)F)cc1Cl. The summed E-state index contributed by atoms with van der Waals surface area (Å²) in [6.45, 7) is 0. The van der Waals surface area contributed by atoms with E-state index in [1.165, 1.54) is 6.07 Å². The summed E-state index contributed by atoms with van der Waals surface area (Å²) in [6.07, 6.45) is -3.72. The van der Waals surface area contributed by atoms with Crippen LogP contribution in [0.25, 0.3) is 0 Å². The maximum absolute atomic E-state index is 12.0. The molecule has 0 aliphatic carbocycles. The largest absolute Gasteiger partial charge is 0.573 e. The summed E-state index contributed by atoms with van der Waals surface area (Å²) in [4.78, 5) is 3.65. The normalized spacial score (nSPS) is 12.5. The topological polar surface area (TPSA) is 95.2 Å². The molecular weight excluding hydrogens is 309 g/mol. The van der Waals surface area contributed by atoms with E-state index >= 15 is 0 Å². The van der Waals surface area contributed by atoms with Crippen LogP contribution in [0.1, 0.15) is 5.56 Å². The first-order valence-corrected chi connectivity index (χ1v) is 5.54. The number of nitrogens with two attached hydrogens (primary N) is 1. The minimum absolute atomic E-state index is 0.0756. The Labute approximate surface area is 122 Å². The molecule has 108 valence electrons. The molecule has 0 unspecified atom stereocenters. The first-order valence-electron chi connectivity index (χ1n) is 5.16. The van der Waals surface area contributed by atoms with Crippen molar-refractivity contribution in [2.75, 3.05) is 0 Å². The molecule has 5 nitrogen and oxygen atoms in total. The number of rotatable bonds is 3. The summed E-state index contributed by atoms with van der Waals surface area (Å²) in [5, 5.41) is 17.2. The second-order valence-electron chi connectivity index (χ2n) is 3.48. The number of alkyl halides is 3. The van der Waals surface area contributed by atoms with Gasteiger partial charge in [0.05, 0.1) is 5.02 Å². The number of nitrogens with zero attached hydrogens (tertiary/aromatic N) is 3. The lowest BCUT2D eigenvalue weighted by molar-refractivity contribution is -0.274. The molecule has 0 fully saturated rings. The fourth-order valence-electron chi connectivity index (χ4n) is 1.16. The Balaban J connectivity index is 3.03. The van der Waals surface area contributed by atoms with E-state index in [4.69, 9.17) is 27.9 Å². The van der Waals surface area contributed by atoms with Gasteiger partial charge in [-0.2, -0.15) is 10.5 Å². The van der Waals surface area contributed by atoms with Gasteiger partial charge in [-0.05, 0) is 18.2 Å². The number of allylic oxidation sites excluding steroid dienone is 2. The zero-order valence-electron chi connectivity index (χ0n) is 10.1. The van der Waals surface area contributed by atoms with Gasteiger partial charge in [0.25, 0.3) is 0 Å². The van der Waals surface area contributed by atoms with Gasteiger partial charge in [0.1, 0.15) is 23.6 Å². The van der Waals surface area contributed by atoms with Gasteiger partial charge >= 0.3 is 6.36 Å². The van der Waals surface area contributed by atoms with Crippen molar-refractivity contribution in [3.8, 4) is 17.9 Å². The van der Waals surface area contributed by atoms with Crippen LogP contribution in [-0.2, 0) is 0 Å². The number of hydrogen-bond donors (Lipinski definition) is 1. The van der Waals surface area contributed by atoms with Gasteiger partial charge in [0.2, 0.25) is 0 Å². The van der Waals surface area contributed by atoms with E-state index in [1.54, 1.807) is 12.1 Å². The van der Waals surface area contributed by atoms with E-state index in [9.17, 15) is 13.2 Å². The molecule has 1 rings (SSSR count). The van der Waals surface area contributed by atoms with Crippen LogP contribution in [0.5, 0.6) is 5.75 Å². The summed E-state index contributed by atoms with van der Waals surface area (Å²) in [5.41, 5.74) is 4.74. The molecule has 21 heavy (non-hydrogen) atoms. The summed E-state index contributed by atoms with van der Waals surface area (Å²) in [5.74, 6) is -0.489. The molecule has 0 saturated heterocycles. The molecular formula is C12H6ClF3N4O. The molecule has 9 heteroatoms. The van der Waals surface area contributed by atoms with Crippen LogP contribution >= 0.6 is 11.6 Å². The number of hydrogen-bond acceptors (Lipinski definition) is 5. The molecule has 0 saturated carbocycles. The summed E-state index contributed by atoms with van der Waals surface area (Å²) < 4.78 is 39.8. The Morgan fingerprint density at radius 3 is 2.48 bits per heavy atom. The van der Waals surface area contributed by atoms with E-state index in [0.29, 0.717) is 0 Å². The Bertz CT molecular complexity index is 683. The number of ether oxygens (including phenoxy) is 1. The van der Waals surface area contributed by atoms with Gasteiger partial charge in [0.15, 0.2) is 5.70 Å². The molecule has 0 heterocycles. The van der Waals surface area contributed by atoms with Gasteiger partial charge in [-0.25, -0.2) is 4.99 Å². The smallest absolute Gasteiger partial charge is 0.406 e. The first kappa shape index (κ1) is 16.3. The van der Waals surface area contributed by atoms with Crippen LogP contribution in [0.15, 0.2) is 34.6 Å². The Morgan fingerprint density at radius 1 is 1.33 bits per heavy atom. The Hall–Kier alpha value is -2.71. The first-order chi connectivity index (χ1) is 9.76. The molecule has 0 aliphatic heterocycles. The van der Waals surface area contributed by atoms with Crippen LogP contribution in [0.4, 0.5) is 13.2 Å². The minimum atomic E-state index is -4.82. The highest BCUT2D eigenvalue weighted by Gasteiger charge is 2.31. The second-order valence-corrected chi connectivity index (χ2v) is 3.88. The summed E-state index contributed by atoms with van der Waals surface area (Å²) in [6, 6.07) is 6.34. The highest BCUT2D eigenvalue weighted by atomic mass is 35.5. The van der Waals surface area contributed by atoms with E-state index in [0.717, 1.165) is 18.3 Å². The predicted octanol–water partition coefficient (Wildman–Crippen LogP) is 2.87. The van der Waals surface area contributed by atoms with Crippen molar-refractivity contribution in [2.45, 2.75) is 6.36 Å². The molecule has 0 aliphatic rings. The third kappa shape index (κ3) is 5.05. The van der Waals surface area contributed by atoms with Crippen LogP contribution < -0.4 is 10.5 Å². The van der Waals surface area contributed by atoms with Crippen LogP contribution in [-0.4, -0.2) is 12.6 Å². The fraction of sp³-hybridized carbons (Fsp3) is 0.0833. The molecule has 1 aromatic rings. The Kier molecular flexibility index (Phi) is 5.17. The lowest BCUT2D eigenvalue weighted by Crippen LogP contribution is -2.17. The van der Waals surface area contributed by atoms with Gasteiger partial charge in [-0.1, -0.05) is 11.6 Å². The number of nitriles is 2. The maximum atomic E-state index is 12.0. The molecule has 0 atom stereocenters. The third-order valence-corrected chi connectivity index (χ3v) is 2.35. The third-order valence-electron chi connectivity index (χ3n) is 2.02. The van der Waals surface area contributed by atoms with Crippen molar-refractivity contribution in [1.82, 2.24) is 0 Å². The highest BCUT2D eigenvalue weighted by molar-refractivity contribution is 6.33. The van der Waals surface area contributed by atoms with Crippen molar-refractivity contribution in [3.05, 3.63) is 40.2 Å². The van der Waals surface area contributed by atoms with Crippen molar-refractivity contribution < 1.29 is 17.9 Å². The summed E-state index contributed by atoms with van der Waals surface area (Å²) >= 11 is 5.76. The average Bonchev–Trinajstić information content (AvgIpc) is 2.39. The molecule has 0 amide bonds. The van der Waals surface area contributed by atoms with Gasteiger partial charge < -0.3 is 10.5 Å². The average molecular weight is 315 g/mol. The van der Waals surface area contributed by atoms with Crippen molar-refractivity contribution in [1.29, 1.82) is 10.5 Å². The lowest BCUT2D eigenvalue weighted by atomic mass is 10.2. The van der Waals surface area contributed by atoms with Crippen molar-refractivity contribution in [3.63, 3.8) is 0 Å². The number of benzene rings is 1. The minimum Gasteiger partial charge on any atom is -0.406 e. The molecule has 0 radical (unpaired) electrons. The van der Waals surface area contributed by atoms with Gasteiger partial charge in [-0.15, -0.1) is 13.2 Å². The molecule has 0 aromatic heterocycles. The number of aliphatic imine (C=N–C) groups is 1. The summed E-state index contributed by atoms with van der Waals surface area (Å²) in [7, 11) is 0. The predicted molar refractivity (Wildman–Crippen MR) is 68.2 cm³/mol. The zero-order valence-corrected chi connectivity index (χ0v) is 10.9. The quantitative estimate of drug-likeness (QED) is 0.685. The molecule has 0 bridgehead atoms. The highest BCUT2D eigenvalue weighted by Crippen LogP contribution is 2.27. The monoisotopic (exact) mass is 314 g/mol. The van der Waals surface area contributed by atoms with Crippen molar-refractivity contribution in [2.24, 2.45) is 10.7 Å². The zero-order chi connectivity index (χ0) is 16.0. The number of halogens is 4. The molecule has 0 spiro atoms. The fourth-order valence-corrected chi connectivity index (χ4v) is 1.37. The van der Waals surface area contributed by atoms with E-state index < -0.39 is 12.1 Å². The van der Waals surface area contributed by atoms with E-state index in [2.05, 4.69) is 9.73 Å². The molecule has 2 N–H and O–H groups in total. The standard InChI is InChI=1S/C12H6ClF3N4O/c13-9-3-8(21-12(14,15)16)2-1-7(9)6-20-11(5-18)10(19)4-17/h1-3,6H,19H2. The van der Waals surface area contributed by atoms with Crippen LogP contribution in [0.2, 0.25) is 5.02 Å². The van der Waals surface area contributed by atoms with E-state index in [-0.39, 0.29) is 22.0 Å². The maximum Gasteiger partial charge on any atom is 0.573 e.